The minimum Gasteiger partial charge on any atom is -0.390 e. The zero-order valence-electron chi connectivity index (χ0n) is 20.2. The molecule has 0 amide bonds. The Morgan fingerprint density at radius 1 is 1.19 bits per heavy atom. The Morgan fingerprint density at radius 3 is 2.75 bits per heavy atom. The van der Waals surface area contributed by atoms with Crippen LogP contribution in [0.1, 0.15) is 29.9 Å². The lowest BCUT2D eigenvalue weighted by Crippen LogP contribution is -2.21. The number of hydrogen-bond donors (Lipinski definition) is 2. The van der Waals surface area contributed by atoms with E-state index in [2.05, 4.69) is 19.9 Å². The predicted molar refractivity (Wildman–Crippen MR) is 132 cm³/mol. The van der Waals surface area contributed by atoms with Gasteiger partial charge in [0, 0.05) is 43.5 Å². The van der Waals surface area contributed by atoms with Crippen LogP contribution in [0.3, 0.4) is 0 Å². The molecular weight excluding hydrogens is 466 g/mol. The summed E-state index contributed by atoms with van der Waals surface area (Å²) in [5, 5.41) is 12.5. The van der Waals surface area contributed by atoms with E-state index in [-0.39, 0.29) is 11.1 Å². The van der Waals surface area contributed by atoms with Gasteiger partial charge in [0.2, 0.25) is 0 Å². The lowest BCUT2D eigenvalue weighted by Gasteiger charge is -2.19. The molecule has 0 aliphatic carbocycles. The number of fused-ring (bicyclic) bond motifs is 3. The van der Waals surface area contributed by atoms with Crippen LogP contribution in [0.25, 0.3) is 22.5 Å². The standard InChI is InChI=1S/C26H26F2N6O2/c1-15(17-5-4-6-19(11-17)26(27,28)14-35)30-23-21-13-20(18-7-9-33(3)22(36)12-18)24-29-8-10-34(24)25(21)32-16(2)31-23/h4-7,9,11-13,15,29,35H,8,10,14H2,1-3H3/t15-/m1/s1. The van der Waals surface area contributed by atoms with Gasteiger partial charge in [0.05, 0.1) is 11.6 Å². The molecule has 4 heterocycles. The average Bonchev–Trinajstić information content (AvgIpc) is 3.36. The van der Waals surface area contributed by atoms with Gasteiger partial charge in [0.1, 0.15) is 24.1 Å². The van der Waals surface area contributed by atoms with Crippen LogP contribution in [0, 0.1) is 6.92 Å². The van der Waals surface area contributed by atoms with Crippen LogP contribution >= 0.6 is 0 Å². The van der Waals surface area contributed by atoms with Crippen molar-refractivity contribution < 1.29 is 13.9 Å². The lowest BCUT2D eigenvalue weighted by molar-refractivity contribution is -0.0556. The Labute approximate surface area is 206 Å². The molecular formula is C26H26F2N6O2. The molecule has 3 aliphatic heterocycles. The molecule has 2 aromatic rings. The van der Waals surface area contributed by atoms with Gasteiger partial charge in [0.25, 0.3) is 11.5 Å². The van der Waals surface area contributed by atoms with E-state index in [4.69, 9.17) is 10.1 Å². The molecule has 1 aromatic carbocycles. The minimum atomic E-state index is -3.33. The number of rotatable bonds is 5. The summed E-state index contributed by atoms with van der Waals surface area (Å²) in [5.74, 6) is -1.22. The number of benzene rings is 1. The molecule has 0 radical (unpaired) electrons. The zero-order valence-corrected chi connectivity index (χ0v) is 20.2. The second-order valence-electron chi connectivity index (χ2n) is 8.97. The fourth-order valence-electron chi connectivity index (χ4n) is 4.46. The highest BCUT2D eigenvalue weighted by Crippen LogP contribution is 2.36. The maximum absolute atomic E-state index is 14.1. The quantitative estimate of drug-likeness (QED) is 0.446. The third kappa shape index (κ3) is 4.17. The summed E-state index contributed by atoms with van der Waals surface area (Å²) in [6.07, 6.45) is 1.72. The van der Waals surface area contributed by atoms with Gasteiger partial charge in [-0.2, -0.15) is 8.78 Å². The Bertz CT molecular complexity index is 1560. The smallest absolute Gasteiger partial charge is 0.295 e. The van der Waals surface area contributed by atoms with E-state index < -0.39 is 18.6 Å². The van der Waals surface area contributed by atoms with Crippen molar-refractivity contribution in [1.82, 2.24) is 19.1 Å². The highest BCUT2D eigenvalue weighted by atomic mass is 19.3. The zero-order chi connectivity index (χ0) is 25.6. The van der Waals surface area contributed by atoms with E-state index in [1.807, 2.05) is 19.1 Å². The molecule has 0 spiro atoms. The largest absolute Gasteiger partial charge is 0.390 e. The average molecular weight is 493 g/mol. The Morgan fingerprint density at radius 2 is 2.00 bits per heavy atom. The Balaban J connectivity index is 1.69. The van der Waals surface area contributed by atoms with Gasteiger partial charge in [0.15, 0.2) is 5.49 Å². The van der Waals surface area contributed by atoms with Crippen LogP contribution in [0.2, 0.25) is 0 Å². The van der Waals surface area contributed by atoms with Crippen LogP contribution in [-0.2, 0) is 19.5 Å². The van der Waals surface area contributed by atoms with Gasteiger partial charge in [-0.3, -0.25) is 9.79 Å². The fourth-order valence-corrected chi connectivity index (χ4v) is 4.46. The Kier molecular flexibility index (Phi) is 5.91. The number of halogens is 2. The predicted octanol–water partition coefficient (Wildman–Crippen LogP) is 3.23. The number of aliphatic hydroxyl groups is 1. The molecule has 5 rings (SSSR count). The summed E-state index contributed by atoms with van der Waals surface area (Å²) in [6, 6.07) is 10.8. The van der Waals surface area contributed by atoms with Crippen molar-refractivity contribution in [1.29, 1.82) is 0 Å². The number of pyridine rings is 2. The molecule has 0 saturated heterocycles. The third-order valence-corrected chi connectivity index (χ3v) is 6.44. The number of aliphatic hydroxyl groups excluding tert-OH is 1. The first-order valence-corrected chi connectivity index (χ1v) is 11.6. The maximum Gasteiger partial charge on any atom is 0.295 e. The first kappa shape index (κ1) is 23.8. The van der Waals surface area contributed by atoms with Crippen molar-refractivity contribution in [2.75, 3.05) is 18.5 Å². The van der Waals surface area contributed by atoms with Gasteiger partial charge in [-0.25, -0.2) is 9.97 Å². The molecule has 8 nitrogen and oxygen atoms in total. The normalized spacial score (nSPS) is 14.7. The summed E-state index contributed by atoms with van der Waals surface area (Å²) in [7, 11) is 1.70. The minimum absolute atomic E-state index is 0.123. The fraction of sp³-hybridized carbons (Fsp3) is 0.308. The first-order chi connectivity index (χ1) is 17.2. The van der Waals surface area contributed by atoms with Gasteiger partial charge in [-0.15, -0.1) is 0 Å². The highest BCUT2D eigenvalue weighted by molar-refractivity contribution is 5.82. The molecule has 1 atom stereocenters. The number of nitrogens with one attached hydrogen (secondary N) is 1. The van der Waals surface area contributed by atoms with Crippen molar-refractivity contribution in [2.45, 2.75) is 32.4 Å². The molecule has 3 aliphatic rings. The van der Waals surface area contributed by atoms with Gasteiger partial charge in [-0.1, -0.05) is 18.2 Å². The van der Waals surface area contributed by atoms with E-state index in [1.165, 1.54) is 22.8 Å². The van der Waals surface area contributed by atoms with Crippen molar-refractivity contribution in [3.8, 4) is 22.5 Å². The number of anilines is 1. The van der Waals surface area contributed by atoms with E-state index in [0.29, 0.717) is 34.8 Å². The number of hydrogen-bond acceptors (Lipinski definition) is 6. The van der Waals surface area contributed by atoms with Crippen molar-refractivity contribution in [3.05, 3.63) is 81.5 Å². The second kappa shape index (κ2) is 8.94. The number of nitrogens with zero attached hydrogens (tertiary/aromatic N) is 5. The number of aromatic nitrogens is 4. The maximum atomic E-state index is 14.1. The third-order valence-electron chi connectivity index (χ3n) is 6.44. The molecule has 10 heteroatoms. The van der Waals surface area contributed by atoms with Crippen LogP contribution in [-0.4, -0.2) is 37.4 Å². The van der Waals surface area contributed by atoms with E-state index in [0.717, 1.165) is 23.5 Å². The summed E-state index contributed by atoms with van der Waals surface area (Å²) < 4.78 is 31.7. The summed E-state index contributed by atoms with van der Waals surface area (Å²) >= 11 is 0. The Hall–Kier alpha value is -3.92. The highest BCUT2D eigenvalue weighted by Gasteiger charge is 2.31. The van der Waals surface area contributed by atoms with Crippen LogP contribution in [0.4, 0.5) is 14.6 Å². The summed E-state index contributed by atoms with van der Waals surface area (Å²) in [6.45, 7) is 3.74. The number of alkyl halides is 2. The summed E-state index contributed by atoms with van der Waals surface area (Å²) in [5.41, 5.74) is 2.93. The molecule has 0 bridgehead atoms. The molecule has 0 saturated carbocycles. The van der Waals surface area contributed by atoms with Gasteiger partial charge in [-0.05, 0) is 43.2 Å². The van der Waals surface area contributed by atoms with Gasteiger partial charge >= 0.3 is 0 Å². The van der Waals surface area contributed by atoms with Crippen LogP contribution < -0.4 is 16.4 Å². The van der Waals surface area contributed by atoms with E-state index in [1.54, 1.807) is 32.3 Å². The molecule has 186 valence electrons. The molecule has 0 fully saturated rings. The van der Waals surface area contributed by atoms with Crippen molar-refractivity contribution in [2.24, 2.45) is 12.0 Å². The van der Waals surface area contributed by atoms with Crippen molar-refractivity contribution >= 4 is 5.82 Å². The first-order valence-electron chi connectivity index (χ1n) is 11.6. The lowest BCUT2D eigenvalue weighted by atomic mass is 10.0. The summed E-state index contributed by atoms with van der Waals surface area (Å²) in [4.78, 5) is 26.4. The molecule has 2 N–H and O–H groups in total. The monoisotopic (exact) mass is 492 g/mol. The van der Waals surface area contributed by atoms with Crippen LogP contribution in [0.5, 0.6) is 0 Å². The van der Waals surface area contributed by atoms with E-state index in [9.17, 15) is 13.6 Å². The topological polar surface area (TPSA) is 97.3 Å². The second-order valence-corrected chi connectivity index (χ2v) is 8.97. The van der Waals surface area contributed by atoms with Crippen molar-refractivity contribution in [3.63, 3.8) is 0 Å². The van der Waals surface area contributed by atoms with E-state index >= 15 is 0 Å². The molecule has 36 heavy (non-hydrogen) atoms. The molecule has 1 aromatic heterocycles. The van der Waals surface area contributed by atoms with Gasteiger partial charge < -0.3 is 19.6 Å². The number of aryl methyl sites for hydroxylation is 2. The molecule has 0 unspecified atom stereocenters. The van der Waals surface area contributed by atoms with Crippen LogP contribution in [0.15, 0.2) is 58.4 Å². The SMILES string of the molecule is Cc1nc2n3c(c(-c4ccn(C)c(=O)c4)cc-2c(=N[C@H](C)c2cccc(C(F)(F)CO)c2)n1)NCC3.